The third kappa shape index (κ3) is 3.40. The van der Waals surface area contributed by atoms with E-state index < -0.39 is 35.5 Å². The number of rotatable bonds is 6. The average Bonchev–Trinajstić information content (AvgIpc) is 3.13. The summed E-state index contributed by atoms with van der Waals surface area (Å²) in [6, 6.07) is 18.9. The van der Waals surface area contributed by atoms with Crippen LogP contribution in [0.5, 0.6) is 0 Å². The Kier molecular flexibility index (Phi) is 4.93. The molecule has 1 N–H and O–H groups in total. The Bertz CT molecular complexity index is 875. The molecule has 2 aromatic carbocycles. The minimum absolute atomic E-state index is 0.477. The molecule has 1 aliphatic rings. The van der Waals surface area contributed by atoms with Crippen molar-refractivity contribution in [3.8, 4) is 6.07 Å². The number of nitrogens with zero attached hydrogens (tertiary/aromatic N) is 1. The summed E-state index contributed by atoms with van der Waals surface area (Å²) in [6.45, 7) is 4.85. The maximum Gasteiger partial charge on any atom is 0.311 e. The molecule has 0 amide bonds. The first-order valence-corrected chi connectivity index (χ1v) is 8.91. The zero-order valence-corrected chi connectivity index (χ0v) is 15.7. The highest BCUT2D eigenvalue weighted by atomic mass is 19.1. The van der Waals surface area contributed by atoms with Gasteiger partial charge in [-0.05, 0) is 29.7 Å². The Labute approximate surface area is 159 Å². The van der Waals surface area contributed by atoms with Crippen LogP contribution in [0.1, 0.15) is 32.4 Å². The summed E-state index contributed by atoms with van der Waals surface area (Å²) < 4.78 is 18.8. The Morgan fingerprint density at radius 1 is 1.19 bits per heavy atom. The van der Waals surface area contributed by atoms with E-state index in [1.807, 2.05) is 56.3 Å². The van der Waals surface area contributed by atoms with Crippen molar-refractivity contribution in [2.24, 2.45) is 16.7 Å². The number of nitriles is 1. The molecular formula is C22H23FN2O2. The van der Waals surface area contributed by atoms with Crippen molar-refractivity contribution in [1.82, 2.24) is 0 Å². The van der Waals surface area contributed by atoms with Gasteiger partial charge in [-0.1, -0.05) is 51.1 Å². The van der Waals surface area contributed by atoms with Crippen molar-refractivity contribution in [2.45, 2.75) is 26.9 Å². The molecule has 1 fully saturated rings. The summed E-state index contributed by atoms with van der Waals surface area (Å²) >= 11 is 0. The maximum atomic E-state index is 13.4. The van der Waals surface area contributed by atoms with Crippen molar-refractivity contribution in [3.05, 3.63) is 60.2 Å². The standard InChI is InChI=1S/C22H23FN2O2/c1-21(2)19(22(21,3)14-23)20(26)27-18(13-24)15-8-7-11-17(12-15)25-16-9-5-4-6-10-16/h4-12,18-19,25H,14H2,1-3H3. The van der Waals surface area contributed by atoms with Crippen LogP contribution in [0.25, 0.3) is 0 Å². The molecule has 140 valence electrons. The molecule has 2 aromatic rings. The average molecular weight is 366 g/mol. The fourth-order valence-corrected chi connectivity index (χ4v) is 3.69. The van der Waals surface area contributed by atoms with Crippen molar-refractivity contribution < 1.29 is 13.9 Å². The molecule has 4 nitrogen and oxygen atoms in total. The van der Waals surface area contributed by atoms with Gasteiger partial charge in [-0.15, -0.1) is 0 Å². The summed E-state index contributed by atoms with van der Waals surface area (Å²) in [7, 11) is 0. The number of nitrogens with one attached hydrogen (secondary N) is 1. The van der Waals surface area contributed by atoms with Gasteiger partial charge in [-0.2, -0.15) is 5.26 Å². The number of hydrogen-bond acceptors (Lipinski definition) is 4. The highest BCUT2D eigenvalue weighted by Crippen LogP contribution is 2.69. The van der Waals surface area contributed by atoms with Crippen LogP contribution in [-0.4, -0.2) is 12.6 Å². The number of halogens is 1. The molecule has 3 atom stereocenters. The number of benzene rings is 2. The number of carbonyl (C=O) groups is 1. The molecule has 0 aliphatic heterocycles. The topological polar surface area (TPSA) is 62.1 Å². The van der Waals surface area contributed by atoms with Crippen LogP contribution in [0, 0.1) is 28.1 Å². The zero-order chi connectivity index (χ0) is 19.7. The lowest BCUT2D eigenvalue weighted by Gasteiger charge is -2.14. The van der Waals surface area contributed by atoms with Gasteiger partial charge in [0.1, 0.15) is 6.07 Å². The third-order valence-electron chi connectivity index (χ3n) is 5.86. The fourth-order valence-electron chi connectivity index (χ4n) is 3.69. The number of ether oxygens (including phenoxy) is 1. The van der Waals surface area contributed by atoms with Gasteiger partial charge in [0.15, 0.2) is 0 Å². The Hall–Kier alpha value is -2.87. The van der Waals surface area contributed by atoms with E-state index in [1.165, 1.54) is 0 Å². The summed E-state index contributed by atoms with van der Waals surface area (Å²) in [5, 5.41) is 12.8. The van der Waals surface area contributed by atoms with Crippen LogP contribution in [0.15, 0.2) is 54.6 Å². The van der Waals surface area contributed by atoms with E-state index in [0.717, 1.165) is 11.4 Å². The number of para-hydroxylation sites is 1. The molecule has 1 saturated carbocycles. The maximum absolute atomic E-state index is 13.4. The number of esters is 1. The van der Waals surface area contributed by atoms with Crippen LogP contribution >= 0.6 is 0 Å². The van der Waals surface area contributed by atoms with E-state index >= 15 is 0 Å². The van der Waals surface area contributed by atoms with Gasteiger partial charge in [-0.25, -0.2) is 0 Å². The van der Waals surface area contributed by atoms with Gasteiger partial charge < -0.3 is 10.1 Å². The molecule has 27 heavy (non-hydrogen) atoms. The normalized spacial score (nSPS) is 23.7. The van der Waals surface area contributed by atoms with Crippen LogP contribution < -0.4 is 5.32 Å². The van der Waals surface area contributed by atoms with Crippen molar-refractivity contribution >= 4 is 17.3 Å². The number of alkyl halides is 1. The Morgan fingerprint density at radius 3 is 2.44 bits per heavy atom. The van der Waals surface area contributed by atoms with Crippen LogP contribution in [-0.2, 0) is 9.53 Å². The Morgan fingerprint density at radius 2 is 1.85 bits per heavy atom. The SMILES string of the molecule is CC1(C)C(C(=O)OC(C#N)c2cccc(Nc3ccccc3)c2)C1(C)CF. The number of hydrogen-bond donors (Lipinski definition) is 1. The molecule has 0 spiro atoms. The van der Waals surface area contributed by atoms with Gasteiger partial charge in [0.05, 0.1) is 12.6 Å². The zero-order valence-electron chi connectivity index (χ0n) is 15.7. The molecule has 3 unspecified atom stereocenters. The summed E-state index contributed by atoms with van der Waals surface area (Å²) in [5.74, 6) is -1.07. The van der Waals surface area contributed by atoms with Crippen LogP contribution in [0.4, 0.5) is 15.8 Å². The quantitative estimate of drug-likeness (QED) is 0.717. The largest absolute Gasteiger partial charge is 0.442 e. The third-order valence-corrected chi connectivity index (χ3v) is 5.86. The second kappa shape index (κ2) is 7.03. The Balaban J connectivity index is 1.74. The molecule has 5 heteroatoms. The summed E-state index contributed by atoms with van der Waals surface area (Å²) in [4.78, 5) is 12.6. The lowest BCUT2D eigenvalue weighted by molar-refractivity contribution is -0.150. The molecule has 1 aliphatic carbocycles. The van der Waals surface area contributed by atoms with Crippen LogP contribution in [0.2, 0.25) is 0 Å². The van der Waals surface area contributed by atoms with E-state index in [9.17, 15) is 14.4 Å². The molecule has 0 saturated heterocycles. The summed E-state index contributed by atoms with van der Waals surface area (Å²) in [6.07, 6.45) is -1.03. The minimum Gasteiger partial charge on any atom is -0.442 e. The number of carbonyl (C=O) groups excluding carboxylic acids is 1. The van der Waals surface area contributed by atoms with Crippen molar-refractivity contribution in [2.75, 3.05) is 12.0 Å². The van der Waals surface area contributed by atoms with Gasteiger partial charge in [0, 0.05) is 22.4 Å². The van der Waals surface area contributed by atoms with E-state index in [4.69, 9.17) is 4.74 Å². The fraction of sp³-hybridized carbons (Fsp3) is 0.364. The van der Waals surface area contributed by atoms with E-state index in [1.54, 1.807) is 25.1 Å². The van der Waals surface area contributed by atoms with Gasteiger partial charge in [-0.3, -0.25) is 9.18 Å². The minimum atomic E-state index is -1.03. The molecule has 0 aromatic heterocycles. The first-order valence-electron chi connectivity index (χ1n) is 8.91. The van der Waals surface area contributed by atoms with Gasteiger partial charge in [0.25, 0.3) is 0 Å². The molecular weight excluding hydrogens is 343 g/mol. The molecule has 3 rings (SSSR count). The first kappa shape index (κ1) is 18.9. The smallest absolute Gasteiger partial charge is 0.311 e. The van der Waals surface area contributed by atoms with Gasteiger partial charge >= 0.3 is 5.97 Å². The number of anilines is 2. The summed E-state index contributed by atoms with van der Waals surface area (Å²) in [5.41, 5.74) is 1.07. The molecule has 0 bridgehead atoms. The lowest BCUT2D eigenvalue weighted by Crippen LogP contribution is -2.16. The highest BCUT2D eigenvalue weighted by Gasteiger charge is 2.72. The monoisotopic (exact) mass is 366 g/mol. The van der Waals surface area contributed by atoms with Crippen molar-refractivity contribution in [3.63, 3.8) is 0 Å². The van der Waals surface area contributed by atoms with E-state index in [-0.39, 0.29) is 0 Å². The second-order valence-electron chi connectivity index (χ2n) is 7.77. The molecule has 0 radical (unpaired) electrons. The highest BCUT2D eigenvalue weighted by molar-refractivity contribution is 5.79. The van der Waals surface area contributed by atoms with E-state index in [2.05, 4.69) is 5.32 Å². The molecule has 0 heterocycles. The van der Waals surface area contributed by atoms with Crippen LogP contribution in [0.3, 0.4) is 0 Å². The van der Waals surface area contributed by atoms with E-state index in [0.29, 0.717) is 5.56 Å². The predicted octanol–water partition coefficient (Wildman–Crippen LogP) is 5.17. The first-order chi connectivity index (χ1) is 12.8. The predicted molar refractivity (Wildman–Crippen MR) is 102 cm³/mol. The van der Waals surface area contributed by atoms with Gasteiger partial charge in [0.2, 0.25) is 6.10 Å². The van der Waals surface area contributed by atoms with Crippen molar-refractivity contribution in [1.29, 1.82) is 5.26 Å². The second-order valence-corrected chi connectivity index (χ2v) is 7.77. The lowest BCUT2D eigenvalue weighted by atomic mass is 10.0.